The number of aliphatic hydroxyl groups is 1. The van der Waals surface area contributed by atoms with Gasteiger partial charge in [0.05, 0.1) is 35.3 Å². The zero-order chi connectivity index (χ0) is 34.4. The van der Waals surface area contributed by atoms with Crippen molar-refractivity contribution in [3.63, 3.8) is 0 Å². The van der Waals surface area contributed by atoms with Crippen LogP contribution in [-0.4, -0.2) is 88.7 Å². The molecule has 0 fully saturated rings. The highest BCUT2D eigenvalue weighted by atomic mass is 35.5. The van der Waals surface area contributed by atoms with E-state index < -0.39 is 38.1 Å². The topological polar surface area (TPSA) is 143 Å². The Bertz CT molecular complexity index is 1700. The Kier molecular flexibility index (Phi) is 12.7. The molecule has 11 nitrogen and oxygen atoms in total. The van der Waals surface area contributed by atoms with Gasteiger partial charge in [0.15, 0.2) is 0 Å². The highest BCUT2D eigenvalue weighted by Crippen LogP contribution is 2.30. The molecular formula is C32H42ClN3O8S3. The number of ether oxygens (including phenoxy) is 2. The van der Waals surface area contributed by atoms with Gasteiger partial charge in [0.2, 0.25) is 10.0 Å². The second kappa shape index (κ2) is 16.1. The van der Waals surface area contributed by atoms with E-state index in [4.69, 9.17) is 21.1 Å². The zero-order valence-electron chi connectivity index (χ0n) is 26.8. The van der Waals surface area contributed by atoms with E-state index in [1.54, 1.807) is 30.5 Å². The van der Waals surface area contributed by atoms with Gasteiger partial charge in [0.1, 0.15) is 9.96 Å². The minimum atomic E-state index is -3.88. The van der Waals surface area contributed by atoms with E-state index in [1.807, 2.05) is 13.8 Å². The van der Waals surface area contributed by atoms with Crippen LogP contribution in [0, 0.1) is 5.92 Å². The number of sulfonamides is 2. The van der Waals surface area contributed by atoms with E-state index in [2.05, 4.69) is 4.72 Å². The fourth-order valence-electron chi connectivity index (χ4n) is 5.21. The third kappa shape index (κ3) is 9.46. The molecule has 0 spiro atoms. The summed E-state index contributed by atoms with van der Waals surface area (Å²) in [5.41, 5.74) is 0.315. The molecule has 1 amide bonds. The van der Waals surface area contributed by atoms with Crippen molar-refractivity contribution in [3.8, 4) is 5.75 Å². The average Bonchev–Trinajstić information content (AvgIpc) is 3.59. The molecule has 1 aliphatic rings. The molecule has 258 valence electrons. The lowest BCUT2D eigenvalue weighted by molar-refractivity contribution is -0.00833. The first kappa shape index (κ1) is 37.1. The van der Waals surface area contributed by atoms with Crippen LogP contribution >= 0.6 is 22.9 Å². The molecule has 0 saturated carbocycles. The Morgan fingerprint density at radius 2 is 1.83 bits per heavy atom. The standard InChI is InChI=1S/C32H42ClN3O8S3/c1-22-19-36(23(2)21-37)32(38)28-18-26(34-46(39,40)31-9-7-17-45-31)12-15-29(28)44-24(3)8-5-6-16-43-30(22)20-35(4)47(41,42)27-13-10-25(33)11-14-27/h7,9-15,17-18,22-24,30,34,37H,5-6,8,16,19-21H2,1-4H3/t22-,23+,24+,30-/m0/s1. The summed E-state index contributed by atoms with van der Waals surface area (Å²) in [7, 11) is -6.27. The fourth-order valence-corrected chi connectivity index (χ4v) is 8.56. The van der Waals surface area contributed by atoms with Gasteiger partial charge in [-0.3, -0.25) is 9.52 Å². The SMILES string of the molecule is C[C@@H]1CCCCO[C@@H](CN(C)S(=O)(=O)c2ccc(Cl)cc2)[C@@H](C)CN([C@H](C)CO)C(=O)c2cc(NS(=O)(=O)c3cccs3)ccc2O1. The van der Waals surface area contributed by atoms with Crippen LogP contribution in [0.2, 0.25) is 5.02 Å². The second-order valence-corrected chi connectivity index (χ2v) is 17.1. The van der Waals surface area contributed by atoms with Gasteiger partial charge in [-0.2, -0.15) is 4.31 Å². The molecule has 0 aliphatic carbocycles. The number of amides is 1. The quantitative estimate of drug-likeness (QED) is 0.302. The number of halogens is 1. The van der Waals surface area contributed by atoms with E-state index in [0.717, 1.165) is 17.8 Å². The molecule has 2 heterocycles. The van der Waals surface area contributed by atoms with E-state index in [9.17, 15) is 26.7 Å². The largest absolute Gasteiger partial charge is 0.490 e. The van der Waals surface area contributed by atoms with Crippen LogP contribution < -0.4 is 9.46 Å². The van der Waals surface area contributed by atoms with Crippen LogP contribution in [0.4, 0.5) is 5.69 Å². The van der Waals surface area contributed by atoms with Crippen molar-refractivity contribution >= 4 is 54.6 Å². The normalized spacial score (nSPS) is 21.0. The number of rotatable bonds is 9. The van der Waals surface area contributed by atoms with Gasteiger partial charge in [-0.1, -0.05) is 24.6 Å². The molecular weight excluding hydrogens is 686 g/mol. The Balaban J connectivity index is 1.67. The summed E-state index contributed by atoms with van der Waals surface area (Å²) in [5, 5.41) is 12.3. The van der Waals surface area contributed by atoms with Gasteiger partial charge < -0.3 is 19.5 Å². The molecule has 3 aromatic rings. The number of thiophene rings is 1. The predicted molar refractivity (Wildman–Crippen MR) is 183 cm³/mol. The van der Waals surface area contributed by atoms with E-state index in [-0.39, 0.29) is 52.1 Å². The Labute approximate surface area is 286 Å². The minimum Gasteiger partial charge on any atom is -0.490 e. The summed E-state index contributed by atoms with van der Waals surface area (Å²) in [6, 6.07) is 13.0. The molecule has 2 N–H and O–H groups in total. The summed E-state index contributed by atoms with van der Waals surface area (Å²) in [4.78, 5) is 15.9. The first-order chi connectivity index (χ1) is 22.2. The Morgan fingerprint density at radius 3 is 2.49 bits per heavy atom. The Morgan fingerprint density at radius 1 is 1.11 bits per heavy atom. The molecule has 4 atom stereocenters. The smallest absolute Gasteiger partial charge is 0.271 e. The van der Waals surface area contributed by atoms with Crippen molar-refractivity contribution in [2.45, 2.75) is 67.4 Å². The maximum Gasteiger partial charge on any atom is 0.271 e. The summed E-state index contributed by atoms with van der Waals surface area (Å²) in [6.45, 7) is 5.63. The number of aliphatic hydroxyl groups excluding tert-OH is 1. The van der Waals surface area contributed by atoms with Crippen molar-refractivity contribution in [1.82, 2.24) is 9.21 Å². The summed E-state index contributed by atoms with van der Waals surface area (Å²) >= 11 is 7.04. The number of likely N-dealkylation sites (N-methyl/N-ethyl adjacent to an activating group) is 1. The molecule has 4 rings (SSSR count). The molecule has 1 aliphatic heterocycles. The van der Waals surface area contributed by atoms with Crippen molar-refractivity contribution in [3.05, 3.63) is 70.6 Å². The van der Waals surface area contributed by atoms with Crippen LogP contribution in [0.5, 0.6) is 5.75 Å². The second-order valence-electron chi connectivity index (χ2n) is 11.8. The number of fused-ring (bicyclic) bond motifs is 1. The number of nitrogens with zero attached hydrogens (tertiary/aromatic N) is 2. The van der Waals surface area contributed by atoms with E-state index >= 15 is 0 Å². The van der Waals surface area contributed by atoms with Crippen LogP contribution in [0.15, 0.2) is 69.1 Å². The first-order valence-electron chi connectivity index (χ1n) is 15.3. The van der Waals surface area contributed by atoms with Gasteiger partial charge in [0.25, 0.3) is 15.9 Å². The van der Waals surface area contributed by atoms with E-state index in [0.29, 0.717) is 30.2 Å². The average molecular weight is 728 g/mol. The van der Waals surface area contributed by atoms with Gasteiger partial charge in [0, 0.05) is 43.4 Å². The molecule has 47 heavy (non-hydrogen) atoms. The number of nitrogens with one attached hydrogen (secondary N) is 1. The van der Waals surface area contributed by atoms with Crippen molar-refractivity contribution in [2.75, 3.05) is 38.1 Å². The van der Waals surface area contributed by atoms with Crippen molar-refractivity contribution in [1.29, 1.82) is 0 Å². The lowest BCUT2D eigenvalue weighted by Gasteiger charge is -2.35. The third-order valence-corrected chi connectivity index (χ3v) is 12.9. The van der Waals surface area contributed by atoms with Gasteiger partial charge in [-0.05, 0) is 87.0 Å². The summed E-state index contributed by atoms with van der Waals surface area (Å²) in [6.07, 6.45) is 1.26. The maximum absolute atomic E-state index is 14.3. The molecule has 0 unspecified atom stereocenters. The van der Waals surface area contributed by atoms with Crippen LogP contribution in [-0.2, 0) is 24.8 Å². The van der Waals surface area contributed by atoms with E-state index in [1.165, 1.54) is 52.7 Å². The maximum atomic E-state index is 14.3. The summed E-state index contributed by atoms with van der Waals surface area (Å²) < 4.78 is 69.2. The van der Waals surface area contributed by atoms with Gasteiger partial charge >= 0.3 is 0 Å². The number of hydrogen-bond donors (Lipinski definition) is 2. The van der Waals surface area contributed by atoms with Crippen LogP contribution in [0.3, 0.4) is 0 Å². The van der Waals surface area contributed by atoms with Crippen molar-refractivity contribution < 1.29 is 36.2 Å². The van der Waals surface area contributed by atoms with Gasteiger partial charge in [-0.25, -0.2) is 16.8 Å². The number of benzene rings is 2. The molecule has 0 bridgehead atoms. The highest BCUT2D eigenvalue weighted by Gasteiger charge is 2.32. The highest BCUT2D eigenvalue weighted by molar-refractivity contribution is 7.94. The monoisotopic (exact) mass is 727 g/mol. The predicted octanol–water partition coefficient (Wildman–Crippen LogP) is 5.32. The number of carbonyl (C=O) groups is 1. The minimum absolute atomic E-state index is 0.0202. The molecule has 0 saturated heterocycles. The molecule has 1 aromatic heterocycles. The fraction of sp³-hybridized carbons (Fsp3) is 0.469. The molecule has 15 heteroatoms. The number of anilines is 1. The lowest BCUT2D eigenvalue weighted by atomic mass is 10.0. The first-order valence-corrected chi connectivity index (χ1v) is 19.5. The number of hydrogen-bond acceptors (Lipinski definition) is 9. The third-order valence-electron chi connectivity index (χ3n) is 8.02. The summed E-state index contributed by atoms with van der Waals surface area (Å²) in [5.74, 6) is -0.554. The van der Waals surface area contributed by atoms with Gasteiger partial charge in [-0.15, -0.1) is 11.3 Å². The molecule has 0 radical (unpaired) electrons. The molecule has 2 aromatic carbocycles. The van der Waals surface area contributed by atoms with Crippen LogP contribution in [0.1, 0.15) is 50.4 Å². The number of carbonyl (C=O) groups excluding carboxylic acids is 1. The zero-order valence-corrected chi connectivity index (χ0v) is 30.0. The van der Waals surface area contributed by atoms with Crippen LogP contribution in [0.25, 0.3) is 0 Å². The van der Waals surface area contributed by atoms with Crippen molar-refractivity contribution in [2.24, 2.45) is 5.92 Å². The Hall–Kier alpha value is -2.72. The lowest BCUT2D eigenvalue weighted by Crippen LogP contribution is -2.48.